The van der Waals surface area contributed by atoms with Gasteiger partial charge < -0.3 is 10.8 Å². The van der Waals surface area contributed by atoms with Crippen LogP contribution in [0.25, 0.3) is 10.9 Å². The quantitative estimate of drug-likeness (QED) is 0.805. The van der Waals surface area contributed by atoms with Gasteiger partial charge in [0, 0.05) is 5.39 Å². The summed E-state index contributed by atoms with van der Waals surface area (Å²) in [5.74, 6) is -0.556. The molecule has 0 atom stereocenters. The summed E-state index contributed by atoms with van der Waals surface area (Å²) >= 11 is 0. The van der Waals surface area contributed by atoms with Crippen LogP contribution in [0.1, 0.15) is 23.0 Å². The number of fused-ring (bicyclic) bond motifs is 1. The van der Waals surface area contributed by atoms with Crippen molar-refractivity contribution in [3.05, 3.63) is 29.5 Å². The Kier molecular flexibility index (Phi) is 3.10. The maximum Gasteiger partial charge on any atom is 0.269 e. The Balaban J connectivity index is 2.67. The minimum Gasteiger partial charge on any atom is -0.394 e. The van der Waals surface area contributed by atoms with E-state index in [2.05, 4.69) is 11.2 Å². The molecule has 0 saturated heterocycles. The lowest BCUT2D eigenvalue weighted by Gasteiger charge is -2.00. The molecule has 1 aromatic carbocycles. The fourth-order valence-electron chi connectivity index (χ4n) is 1.81. The number of aliphatic hydroxyl groups is 1. The fourth-order valence-corrected chi connectivity index (χ4v) is 1.81. The number of carbonyl (C=O) groups is 1. The number of carbonyl (C=O) groups excluding carboxylic acids is 1. The first-order chi connectivity index (χ1) is 8.17. The van der Waals surface area contributed by atoms with Crippen molar-refractivity contribution < 1.29 is 9.90 Å². The number of hydrogen-bond acceptors (Lipinski definition) is 3. The molecule has 89 valence electrons. The number of aryl methyl sites for hydroxylation is 1. The van der Waals surface area contributed by atoms with Gasteiger partial charge in [0.25, 0.3) is 5.91 Å². The number of aromatic nitrogens is 2. The van der Waals surface area contributed by atoms with Crippen LogP contribution in [0.3, 0.4) is 0 Å². The summed E-state index contributed by atoms with van der Waals surface area (Å²) in [5, 5.41) is 13.8. The highest BCUT2D eigenvalue weighted by atomic mass is 16.3. The normalized spacial score (nSPS) is 10.9. The van der Waals surface area contributed by atoms with E-state index in [1.165, 1.54) is 0 Å². The minimum atomic E-state index is -0.556. The van der Waals surface area contributed by atoms with Crippen LogP contribution < -0.4 is 5.73 Å². The van der Waals surface area contributed by atoms with E-state index in [0.29, 0.717) is 6.54 Å². The minimum absolute atomic E-state index is 0.0372. The maximum absolute atomic E-state index is 11.3. The first-order valence-electron chi connectivity index (χ1n) is 5.49. The highest BCUT2D eigenvalue weighted by Gasteiger charge is 2.14. The van der Waals surface area contributed by atoms with Crippen molar-refractivity contribution >= 4 is 16.8 Å². The summed E-state index contributed by atoms with van der Waals surface area (Å²) < 4.78 is 1.57. The molecule has 1 radical (unpaired) electrons. The van der Waals surface area contributed by atoms with E-state index in [1.54, 1.807) is 10.7 Å². The Morgan fingerprint density at radius 1 is 1.65 bits per heavy atom. The number of rotatable bonds is 4. The number of primary amides is 1. The Hall–Kier alpha value is -1.88. The lowest BCUT2D eigenvalue weighted by atomic mass is 10.1. The number of hydrogen-bond donors (Lipinski definition) is 2. The third kappa shape index (κ3) is 2.01. The van der Waals surface area contributed by atoms with Crippen LogP contribution in [-0.4, -0.2) is 27.4 Å². The summed E-state index contributed by atoms with van der Waals surface area (Å²) in [4.78, 5) is 11.3. The predicted octanol–water partition coefficient (Wildman–Crippen LogP) is 0.490. The maximum atomic E-state index is 11.3. The van der Waals surface area contributed by atoms with Crippen molar-refractivity contribution in [2.45, 2.75) is 19.9 Å². The smallest absolute Gasteiger partial charge is 0.269 e. The van der Waals surface area contributed by atoms with E-state index < -0.39 is 5.91 Å². The van der Waals surface area contributed by atoms with E-state index in [1.807, 2.05) is 13.0 Å². The Labute approximate surface area is 98.8 Å². The van der Waals surface area contributed by atoms with Gasteiger partial charge >= 0.3 is 0 Å². The van der Waals surface area contributed by atoms with Crippen molar-refractivity contribution in [3.8, 4) is 0 Å². The molecule has 0 aliphatic heterocycles. The van der Waals surface area contributed by atoms with Gasteiger partial charge in [0.15, 0.2) is 5.69 Å². The summed E-state index contributed by atoms with van der Waals surface area (Å²) in [6, 6.07) is 6.77. The van der Waals surface area contributed by atoms with Gasteiger partial charge in [-0.25, -0.2) is 0 Å². The molecule has 1 aromatic heterocycles. The molecule has 0 saturated carbocycles. The molecule has 17 heavy (non-hydrogen) atoms. The average Bonchev–Trinajstić information content (AvgIpc) is 2.68. The molecule has 5 nitrogen and oxygen atoms in total. The third-order valence-corrected chi connectivity index (χ3v) is 2.67. The van der Waals surface area contributed by atoms with Gasteiger partial charge in [0.05, 0.1) is 18.7 Å². The van der Waals surface area contributed by atoms with Crippen LogP contribution >= 0.6 is 0 Å². The van der Waals surface area contributed by atoms with Crippen LogP contribution in [0.4, 0.5) is 0 Å². The third-order valence-electron chi connectivity index (χ3n) is 2.67. The van der Waals surface area contributed by atoms with E-state index in [4.69, 9.17) is 10.8 Å². The number of nitrogens with two attached hydrogens (primary N) is 1. The van der Waals surface area contributed by atoms with Gasteiger partial charge in [-0.2, -0.15) is 5.10 Å². The van der Waals surface area contributed by atoms with Gasteiger partial charge in [0.2, 0.25) is 0 Å². The molecule has 0 unspecified atom stereocenters. The standard InChI is InChI=1S/C12H14N3O2/c1-2-8-3-4-10-9(7-8)11(12(13)17)14-15(10)5-6-16/h4,7,16H,2,5-6H2,1H3,(H2,13,17). The van der Waals surface area contributed by atoms with E-state index in [0.717, 1.165) is 22.9 Å². The predicted molar refractivity (Wildman–Crippen MR) is 63.6 cm³/mol. The Morgan fingerprint density at radius 3 is 3.00 bits per heavy atom. The molecule has 0 aliphatic rings. The van der Waals surface area contributed by atoms with Crippen molar-refractivity contribution in [2.75, 3.05) is 6.61 Å². The molecule has 0 spiro atoms. The number of nitrogens with zero attached hydrogens (tertiary/aromatic N) is 2. The first-order valence-corrected chi connectivity index (χ1v) is 5.49. The van der Waals surface area contributed by atoms with Gasteiger partial charge in [-0.15, -0.1) is 0 Å². The van der Waals surface area contributed by atoms with Crippen LogP contribution in [0.15, 0.2) is 12.1 Å². The number of benzene rings is 1. The number of aliphatic hydroxyl groups excluding tert-OH is 1. The second kappa shape index (κ2) is 4.55. The van der Waals surface area contributed by atoms with Gasteiger partial charge in [-0.3, -0.25) is 9.48 Å². The zero-order chi connectivity index (χ0) is 12.4. The monoisotopic (exact) mass is 232 g/mol. The van der Waals surface area contributed by atoms with Gasteiger partial charge in [-0.1, -0.05) is 6.92 Å². The summed E-state index contributed by atoms with van der Waals surface area (Å²) in [6.07, 6.45) is 0.833. The molecule has 0 aliphatic carbocycles. The fraction of sp³-hybridized carbons (Fsp3) is 0.333. The largest absolute Gasteiger partial charge is 0.394 e. The van der Waals surface area contributed by atoms with Crippen molar-refractivity contribution in [1.29, 1.82) is 0 Å². The van der Waals surface area contributed by atoms with Crippen molar-refractivity contribution in [2.24, 2.45) is 5.73 Å². The number of amides is 1. The van der Waals surface area contributed by atoms with Gasteiger partial charge in [-0.05, 0) is 30.2 Å². The summed E-state index contributed by atoms with van der Waals surface area (Å²) in [6.45, 7) is 2.31. The molecule has 0 bridgehead atoms. The Morgan fingerprint density at radius 2 is 2.41 bits per heavy atom. The second-order valence-electron chi connectivity index (χ2n) is 3.77. The molecule has 0 fully saturated rings. The molecular formula is C12H14N3O2. The lowest BCUT2D eigenvalue weighted by Crippen LogP contribution is -2.13. The van der Waals surface area contributed by atoms with Crippen LogP contribution in [0.5, 0.6) is 0 Å². The van der Waals surface area contributed by atoms with Gasteiger partial charge in [0.1, 0.15) is 0 Å². The van der Waals surface area contributed by atoms with E-state index in [-0.39, 0.29) is 12.3 Å². The van der Waals surface area contributed by atoms with Crippen molar-refractivity contribution in [1.82, 2.24) is 9.78 Å². The van der Waals surface area contributed by atoms with E-state index >= 15 is 0 Å². The van der Waals surface area contributed by atoms with Crippen LogP contribution in [0, 0.1) is 6.07 Å². The molecule has 3 N–H and O–H groups in total. The zero-order valence-corrected chi connectivity index (χ0v) is 9.60. The molecule has 1 heterocycles. The molecule has 2 aromatic rings. The SMILES string of the molecule is CCc1[c]cc2c(c1)c(C(N)=O)nn2CCO. The molecule has 5 heteroatoms. The van der Waals surface area contributed by atoms with Crippen LogP contribution in [0.2, 0.25) is 0 Å². The highest BCUT2D eigenvalue weighted by molar-refractivity contribution is 6.04. The van der Waals surface area contributed by atoms with Crippen LogP contribution in [-0.2, 0) is 13.0 Å². The molecular weight excluding hydrogens is 218 g/mol. The molecule has 2 rings (SSSR count). The summed E-state index contributed by atoms with van der Waals surface area (Å²) in [7, 11) is 0. The zero-order valence-electron chi connectivity index (χ0n) is 9.60. The topological polar surface area (TPSA) is 81.1 Å². The Bertz CT molecular complexity index is 560. The second-order valence-corrected chi connectivity index (χ2v) is 3.77. The van der Waals surface area contributed by atoms with Crippen molar-refractivity contribution in [3.63, 3.8) is 0 Å². The summed E-state index contributed by atoms with van der Waals surface area (Å²) in [5.41, 5.74) is 7.31. The molecule has 1 amide bonds. The first kappa shape index (κ1) is 11.6. The van der Waals surface area contributed by atoms with E-state index in [9.17, 15) is 4.79 Å². The lowest BCUT2D eigenvalue weighted by molar-refractivity contribution is 0.0996. The average molecular weight is 232 g/mol. The highest BCUT2D eigenvalue weighted by Crippen LogP contribution is 2.20.